The molecule has 162 valence electrons. The van der Waals surface area contributed by atoms with E-state index in [1.54, 1.807) is 42.4 Å². The highest BCUT2D eigenvalue weighted by molar-refractivity contribution is 8.18. The second-order valence-corrected chi connectivity index (χ2v) is 7.45. The largest absolute Gasteiger partial charge is 0.493 e. The lowest BCUT2D eigenvalue weighted by Crippen LogP contribution is -2.28. The zero-order valence-electron chi connectivity index (χ0n) is 17.9. The first-order valence-corrected chi connectivity index (χ1v) is 10.6. The molecule has 1 heterocycles. The third-order valence-corrected chi connectivity index (χ3v) is 5.49. The summed E-state index contributed by atoms with van der Waals surface area (Å²) in [4.78, 5) is 31.4. The average Bonchev–Trinajstić information content (AvgIpc) is 3.08. The van der Waals surface area contributed by atoms with Gasteiger partial charge in [0.15, 0.2) is 16.7 Å². The summed E-state index contributed by atoms with van der Waals surface area (Å²) in [5.74, 6) is 0.700. The van der Waals surface area contributed by atoms with Crippen LogP contribution in [0.5, 0.6) is 11.5 Å². The molecule has 0 aromatic heterocycles. The molecule has 0 radical (unpaired) electrons. The van der Waals surface area contributed by atoms with Crippen molar-refractivity contribution < 1.29 is 23.8 Å². The van der Waals surface area contributed by atoms with Gasteiger partial charge in [-0.25, -0.2) is 9.79 Å². The number of esters is 1. The van der Waals surface area contributed by atoms with Gasteiger partial charge in [-0.1, -0.05) is 12.1 Å². The summed E-state index contributed by atoms with van der Waals surface area (Å²) in [6, 6.07) is 12.3. The van der Waals surface area contributed by atoms with E-state index in [1.807, 2.05) is 32.0 Å². The summed E-state index contributed by atoms with van der Waals surface area (Å²) in [7, 11) is 2.91. The minimum atomic E-state index is -0.436. The van der Waals surface area contributed by atoms with Crippen molar-refractivity contribution in [3.05, 3.63) is 58.5 Å². The van der Waals surface area contributed by atoms with Crippen LogP contribution in [0, 0.1) is 0 Å². The molecule has 0 N–H and O–H groups in total. The van der Waals surface area contributed by atoms with E-state index in [9.17, 15) is 9.59 Å². The molecule has 3 rings (SSSR count). The predicted octanol–water partition coefficient (Wildman–Crippen LogP) is 4.50. The van der Waals surface area contributed by atoms with Gasteiger partial charge in [0.05, 0.1) is 37.0 Å². The first-order chi connectivity index (χ1) is 15.0. The number of carbonyl (C=O) groups excluding carboxylic acids is 2. The molecular weight excluding hydrogens is 416 g/mol. The van der Waals surface area contributed by atoms with Gasteiger partial charge in [-0.05, 0) is 67.6 Å². The highest BCUT2D eigenvalue weighted by Gasteiger charge is 2.32. The van der Waals surface area contributed by atoms with E-state index in [2.05, 4.69) is 4.99 Å². The maximum Gasteiger partial charge on any atom is 0.337 e. The molecule has 0 atom stereocenters. The summed E-state index contributed by atoms with van der Waals surface area (Å²) < 4.78 is 15.7. The Hall–Kier alpha value is -3.26. The lowest BCUT2D eigenvalue weighted by Gasteiger charge is -2.12. The molecule has 31 heavy (non-hydrogen) atoms. The van der Waals surface area contributed by atoms with Gasteiger partial charge in [0.1, 0.15) is 0 Å². The summed E-state index contributed by atoms with van der Waals surface area (Å²) in [5, 5.41) is 0.554. The Morgan fingerprint density at radius 1 is 1.13 bits per heavy atom. The number of rotatable bonds is 7. The van der Waals surface area contributed by atoms with E-state index in [0.29, 0.717) is 46.0 Å². The minimum absolute atomic E-state index is 0.122. The van der Waals surface area contributed by atoms with Gasteiger partial charge in [0, 0.05) is 6.54 Å². The Balaban J connectivity index is 1.91. The van der Waals surface area contributed by atoms with Crippen LogP contribution in [0.25, 0.3) is 6.08 Å². The van der Waals surface area contributed by atoms with Gasteiger partial charge < -0.3 is 14.2 Å². The van der Waals surface area contributed by atoms with E-state index in [0.717, 1.165) is 5.56 Å². The van der Waals surface area contributed by atoms with Crippen molar-refractivity contribution in [3.63, 3.8) is 0 Å². The van der Waals surface area contributed by atoms with Crippen molar-refractivity contribution >= 4 is 40.6 Å². The molecule has 7 nitrogen and oxygen atoms in total. The zero-order chi connectivity index (χ0) is 22.4. The van der Waals surface area contributed by atoms with E-state index in [1.165, 1.54) is 18.9 Å². The first-order valence-electron chi connectivity index (χ1n) is 9.80. The summed E-state index contributed by atoms with van der Waals surface area (Å²) in [6.07, 6.45) is 1.81. The van der Waals surface area contributed by atoms with Crippen LogP contribution < -0.4 is 9.47 Å². The number of likely N-dealkylation sites (N-methyl/N-ethyl adjacent to an activating group) is 1. The Morgan fingerprint density at radius 2 is 1.94 bits per heavy atom. The molecule has 0 unspecified atom stereocenters. The van der Waals surface area contributed by atoms with Crippen LogP contribution in [0.1, 0.15) is 29.8 Å². The van der Waals surface area contributed by atoms with Gasteiger partial charge in [-0.3, -0.25) is 9.69 Å². The van der Waals surface area contributed by atoms with Crippen molar-refractivity contribution in [2.75, 3.05) is 27.4 Å². The standard InChI is InChI=1S/C23H24N2O5S/c1-5-25-21(26)20(13-15-10-11-18(30-6-2)19(12-15)28-3)31-23(25)24-17-9-7-8-16(14-17)22(27)29-4/h7-14H,5-6H2,1-4H3. The first kappa shape index (κ1) is 22.4. The second kappa shape index (κ2) is 10.2. The number of carbonyl (C=O) groups is 2. The SMILES string of the molecule is CCOc1ccc(C=C2SC(=Nc3cccc(C(=O)OC)c3)N(CC)C2=O)cc1OC. The quantitative estimate of drug-likeness (QED) is 0.466. The molecule has 2 aromatic rings. The van der Waals surface area contributed by atoms with Crippen LogP contribution in [0.2, 0.25) is 0 Å². The minimum Gasteiger partial charge on any atom is -0.493 e. The Kier molecular flexibility index (Phi) is 7.36. The van der Waals surface area contributed by atoms with Gasteiger partial charge in [0.25, 0.3) is 5.91 Å². The molecule has 1 aliphatic heterocycles. The molecule has 2 aromatic carbocycles. The van der Waals surface area contributed by atoms with Crippen molar-refractivity contribution in [2.45, 2.75) is 13.8 Å². The number of thioether (sulfide) groups is 1. The number of hydrogen-bond donors (Lipinski definition) is 0. The highest BCUT2D eigenvalue weighted by atomic mass is 32.2. The monoisotopic (exact) mass is 440 g/mol. The summed E-state index contributed by atoms with van der Waals surface area (Å²) >= 11 is 1.29. The Labute approximate surface area is 185 Å². The van der Waals surface area contributed by atoms with E-state index >= 15 is 0 Å². The third-order valence-electron chi connectivity index (χ3n) is 4.48. The molecule has 0 spiro atoms. The number of amides is 1. The molecular formula is C23H24N2O5S. The Bertz CT molecular complexity index is 1050. The van der Waals surface area contributed by atoms with Crippen LogP contribution >= 0.6 is 11.8 Å². The van der Waals surface area contributed by atoms with Crippen LogP contribution in [-0.4, -0.2) is 49.3 Å². The predicted molar refractivity (Wildman–Crippen MR) is 122 cm³/mol. The van der Waals surface area contributed by atoms with Crippen molar-refractivity contribution in [1.82, 2.24) is 4.90 Å². The third kappa shape index (κ3) is 5.08. The maximum absolute atomic E-state index is 12.9. The summed E-state index contributed by atoms with van der Waals surface area (Å²) in [6.45, 7) is 4.81. The number of aliphatic imine (C=N–C) groups is 1. The number of nitrogens with zero attached hydrogens (tertiary/aromatic N) is 2. The van der Waals surface area contributed by atoms with Crippen LogP contribution in [0.3, 0.4) is 0 Å². The zero-order valence-corrected chi connectivity index (χ0v) is 18.7. The normalized spacial score (nSPS) is 16.1. The van der Waals surface area contributed by atoms with Crippen molar-refractivity contribution in [3.8, 4) is 11.5 Å². The molecule has 1 aliphatic rings. The van der Waals surface area contributed by atoms with E-state index < -0.39 is 5.97 Å². The van der Waals surface area contributed by atoms with Crippen LogP contribution in [0.4, 0.5) is 5.69 Å². The lowest BCUT2D eigenvalue weighted by molar-refractivity contribution is -0.122. The van der Waals surface area contributed by atoms with Gasteiger partial charge in [0.2, 0.25) is 0 Å². The number of methoxy groups -OCH3 is 2. The van der Waals surface area contributed by atoms with E-state index in [4.69, 9.17) is 14.2 Å². The van der Waals surface area contributed by atoms with Crippen LogP contribution in [0.15, 0.2) is 52.4 Å². The van der Waals surface area contributed by atoms with Crippen molar-refractivity contribution in [2.24, 2.45) is 4.99 Å². The summed E-state index contributed by atoms with van der Waals surface area (Å²) in [5.41, 5.74) is 1.79. The molecule has 1 saturated heterocycles. The van der Waals surface area contributed by atoms with Crippen LogP contribution in [-0.2, 0) is 9.53 Å². The number of ether oxygens (including phenoxy) is 3. The van der Waals surface area contributed by atoms with Gasteiger partial charge >= 0.3 is 5.97 Å². The molecule has 0 aliphatic carbocycles. The average molecular weight is 441 g/mol. The number of benzene rings is 2. The van der Waals surface area contributed by atoms with Gasteiger partial charge in [-0.2, -0.15) is 0 Å². The molecule has 0 bridgehead atoms. The smallest absolute Gasteiger partial charge is 0.337 e. The molecule has 1 fully saturated rings. The Morgan fingerprint density at radius 3 is 2.61 bits per heavy atom. The van der Waals surface area contributed by atoms with Crippen molar-refractivity contribution in [1.29, 1.82) is 0 Å². The lowest BCUT2D eigenvalue weighted by atomic mass is 10.2. The fourth-order valence-corrected chi connectivity index (χ4v) is 4.06. The topological polar surface area (TPSA) is 77.4 Å². The van der Waals surface area contributed by atoms with E-state index in [-0.39, 0.29) is 5.91 Å². The number of hydrogen-bond acceptors (Lipinski definition) is 7. The highest BCUT2D eigenvalue weighted by Crippen LogP contribution is 2.35. The van der Waals surface area contributed by atoms with Gasteiger partial charge in [-0.15, -0.1) is 0 Å². The second-order valence-electron chi connectivity index (χ2n) is 6.44. The molecule has 8 heteroatoms. The molecule has 1 amide bonds. The fraction of sp³-hybridized carbons (Fsp3) is 0.261. The number of amidine groups is 1. The maximum atomic E-state index is 12.9. The fourth-order valence-electron chi connectivity index (χ4n) is 3.00. The molecule has 0 saturated carbocycles.